The molecule has 32 heavy (non-hydrogen) atoms. The first-order chi connectivity index (χ1) is 15.5. The van der Waals surface area contributed by atoms with Crippen molar-refractivity contribution in [2.75, 3.05) is 18.5 Å². The molecule has 8 nitrogen and oxygen atoms in total. The number of benzene rings is 2. The number of hydrogen-bond donors (Lipinski definition) is 3. The highest BCUT2D eigenvalue weighted by Crippen LogP contribution is 2.28. The lowest BCUT2D eigenvalue weighted by Gasteiger charge is -2.14. The molecule has 2 aromatic carbocycles. The van der Waals surface area contributed by atoms with Crippen molar-refractivity contribution in [1.29, 1.82) is 0 Å². The first-order valence-corrected chi connectivity index (χ1v) is 10.1. The molecule has 0 aliphatic rings. The van der Waals surface area contributed by atoms with E-state index in [-0.39, 0.29) is 5.82 Å². The standard InChI is InChI=1S/C23H23FN6O2/c1-14-10-18-17(21(26)31)6-3-7-19(18)30(14)23-28-13-20(32-9-8-25)22(29-23)27-12-15-4-2-5-16(24)11-15/h2-7,10-11,13H,8-9,12,25H2,1H3,(H2,26,31)(H,27,28,29). The zero-order valence-electron chi connectivity index (χ0n) is 17.5. The molecule has 2 aromatic heterocycles. The molecule has 0 aliphatic carbocycles. The van der Waals surface area contributed by atoms with Gasteiger partial charge in [0.1, 0.15) is 12.4 Å². The summed E-state index contributed by atoms with van der Waals surface area (Å²) < 4.78 is 21.1. The normalized spacial score (nSPS) is 11.0. The molecule has 0 saturated carbocycles. The van der Waals surface area contributed by atoms with Crippen molar-refractivity contribution in [3.8, 4) is 11.7 Å². The molecule has 0 radical (unpaired) electrons. The number of ether oxygens (including phenoxy) is 1. The Balaban J connectivity index is 1.75. The van der Waals surface area contributed by atoms with Crippen LogP contribution in [0.3, 0.4) is 0 Å². The average Bonchev–Trinajstić information content (AvgIpc) is 3.12. The van der Waals surface area contributed by atoms with Crippen LogP contribution in [0, 0.1) is 12.7 Å². The summed E-state index contributed by atoms with van der Waals surface area (Å²) in [6, 6.07) is 13.5. The lowest BCUT2D eigenvalue weighted by atomic mass is 10.1. The van der Waals surface area contributed by atoms with Crippen LogP contribution in [0.2, 0.25) is 0 Å². The molecule has 2 heterocycles. The molecule has 0 saturated heterocycles. The lowest BCUT2D eigenvalue weighted by molar-refractivity contribution is 0.100. The van der Waals surface area contributed by atoms with Crippen LogP contribution in [-0.2, 0) is 6.54 Å². The zero-order valence-corrected chi connectivity index (χ0v) is 17.5. The van der Waals surface area contributed by atoms with E-state index in [1.54, 1.807) is 24.4 Å². The molecule has 4 aromatic rings. The number of nitrogens with zero attached hydrogens (tertiary/aromatic N) is 3. The number of rotatable bonds is 8. The van der Waals surface area contributed by atoms with Crippen molar-refractivity contribution >= 4 is 22.6 Å². The smallest absolute Gasteiger partial charge is 0.249 e. The molecule has 0 unspecified atom stereocenters. The molecule has 9 heteroatoms. The number of carbonyl (C=O) groups is 1. The molecule has 0 bridgehead atoms. The lowest BCUT2D eigenvalue weighted by Crippen LogP contribution is -2.14. The number of aromatic nitrogens is 3. The van der Waals surface area contributed by atoms with Gasteiger partial charge in [0, 0.05) is 29.7 Å². The van der Waals surface area contributed by atoms with Gasteiger partial charge >= 0.3 is 0 Å². The van der Waals surface area contributed by atoms with Crippen LogP contribution in [0.4, 0.5) is 10.2 Å². The van der Waals surface area contributed by atoms with Gasteiger partial charge < -0.3 is 21.5 Å². The monoisotopic (exact) mass is 434 g/mol. The van der Waals surface area contributed by atoms with Gasteiger partial charge in [-0.15, -0.1) is 0 Å². The van der Waals surface area contributed by atoms with E-state index in [9.17, 15) is 9.18 Å². The highest BCUT2D eigenvalue weighted by Gasteiger charge is 2.17. The number of nitrogens with one attached hydrogen (secondary N) is 1. The number of fused-ring (bicyclic) bond motifs is 1. The predicted molar refractivity (Wildman–Crippen MR) is 120 cm³/mol. The summed E-state index contributed by atoms with van der Waals surface area (Å²) in [7, 11) is 0. The molecular formula is C23H23FN6O2. The third-order valence-corrected chi connectivity index (χ3v) is 4.96. The maximum atomic E-state index is 13.5. The second kappa shape index (κ2) is 9.03. The molecule has 164 valence electrons. The number of aryl methyl sites for hydroxylation is 1. The minimum atomic E-state index is -0.503. The third-order valence-electron chi connectivity index (χ3n) is 4.96. The van der Waals surface area contributed by atoms with Crippen LogP contribution in [0.15, 0.2) is 54.7 Å². The summed E-state index contributed by atoms with van der Waals surface area (Å²) in [5.74, 6) is 0.451. The van der Waals surface area contributed by atoms with E-state index >= 15 is 0 Å². The second-order valence-corrected chi connectivity index (χ2v) is 7.23. The van der Waals surface area contributed by atoms with Crippen molar-refractivity contribution in [3.63, 3.8) is 0 Å². The van der Waals surface area contributed by atoms with Crippen molar-refractivity contribution in [3.05, 3.63) is 77.4 Å². The van der Waals surface area contributed by atoms with E-state index in [1.165, 1.54) is 12.1 Å². The summed E-state index contributed by atoms with van der Waals surface area (Å²) in [6.45, 7) is 2.87. The highest BCUT2D eigenvalue weighted by molar-refractivity contribution is 6.06. The van der Waals surface area contributed by atoms with Gasteiger partial charge in [0.2, 0.25) is 11.9 Å². The zero-order chi connectivity index (χ0) is 22.7. The number of anilines is 1. The minimum absolute atomic E-state index is 0.296. The number of primary amides is 1. The van der Waals surface area contributed by atoms with E-state index in [0.717, 1.165) is 22.2 Å². The van der Waals surface area contributed by atoms with E-state index in [0.29, 0.717) is 42.8 Å². The van der Waals surface area contributed by atoms with Gasteiger partial charge in [-0.25, -0.2) is 9.37 Å². The topological polar surface area (TPSA) is 121 Å². The van der Waals surface area contributed by atoms with Crippen molar-refractivity contribution in [2.45, 2.75) is 13.5 Å². The molecule has 0 atom stereocenters. The van der Waals surface area contributed by atoms with Gasteiger partial charge in [0.05, 0.1) is 11.7 Å². The number of halogens is 1. The van der Waals surface area contributed by atoms with Gasteiger partial charge in [-0.2, -0.15) is 4.98 Å². The Kier molecular flexibility index (Phi) is 6.00. The van der Waals surface area contributed by atoms with Crippen LogP contribution < -0.4 is 21.5 Å². The number of nitrogens with two attached hydrogens (primary N) is 2. The van der Waals surface area contributed by atoms with E-state index in [2.05, 4.69) is 15.3 Å². The van der Waals surface area contributed by atoms with Gasteiger partial charge in [-0.1, -0.05) is 18.2 Å². The van der Waals surface area contributed by atoms with E-state index < -0.39 is 5.91 Å². The predicted octanol–water partition coefficient (Wildman–Crippen LogP) is 2.92. The maximum absolute atomic E-state index is 13.5. The fraction of sp³-hybridized carbons (Fsp3) is 0.174. The second-order valence-electron chi connectivity index (χ2n) is 7.23. The maximum Gasteiger partial charge on any atom is 0.249 e. The largest absolute Gasteiger partial charge is 0.487 e. The molecule has 1 amide bonds. The van der Waals surface area contributed by atoms with Crippen LogP contribution in [-0.4, -0.2) is 33.6 Å². The van der Waals surface area contributed by atoms with E-state index in [4.69, 9.17) is 16.2 Å². The Morgan fingerprint density at radius 2 is 2.03 bits per heavy atom. The van der Waals surface area contributed by atoms with Crippen LogP contribution >= 0.6 is 0 Å². The molecule has 4 rings (SSSR count). The minimum Gasteiger partial charge on any atom is -0.487 e. The number of amides is 1. The van der Waals surface area contributed by atoms with Crippen LogP contribution in [0.5, 0.6) is 5.75 Å². The van der Waals surface area contributed by atoms with Crippen LogP contribution in [0.1, 0.15) is 21.6 Å². The summed E-state index contributed by atoms with van der Waals surface area (Å²) >= 11 is 0. The van der Waals surface area contributed by atoms with Crippen molar-refractivity contribution in [1.82, 2.24) is 14.5 Å². The average molecular weight is 434 g/mol. The summed E-state index contributed by atoms with van der Waals surface area (Å²) in [5.41, 5.74) is 13.9. The van der Waals surface area contributed by atoms with Gasteiger partial charge in [0.25, 0.3) is 0 Å². The Morgan fingerprint density at radius 1 is 1.22 bits per heavy atom. The molecule has 5 N–H and O–H groups in total. The summed E-state index contributed by atoms with van der Waals surface area (Å²) in [5, 5.41) is 3.92. The van der Waals surface area contributed by atoms with Crippen molar-refractivity contribution in [2.24, 2.45) is 11.5 Å². The van der Waals surface area contributed by atoms with E-state index in [1.807, 2.05) is 29.7 Å². The SMILES string of the molecule is Cc1cc2c(C(N)=O)cccc2n1-c1ncc(OCCN)c(NCc2cccc(F)c2)n1. The fourth-order valence-electron chi connectivity index (χ4n) is 3.55. The molecule has 0 aliphatic heterocycles. The molecular weight excluding hydrogens is 411 g/mol. The summed E-state index contributed by atoms with van der Waals surface area (Å²) in [4.78, 5) is 20.9. The molecule has 0 spiro atoms. The van der Waals surface area contributed by atoms with Gasteiger partial charge in [0.15, 0.2) is 11.6 Å². The Hall–Kier alpha value is -3.98. The first kappa shape index (κ1) is 21.3. The quantitative estimate of drug-likeness (QED) is 0.392. The van der Waals surface area contributed by atoms with Crippen molar-refractivity contribution < 1.29 is 13.9 Å². The Morgan fingerprint density at radius 3 is 2.78 bits per heavy atom. The summed E-state index contributed by atoms with van der Waals surface area (Å²) in [6.07, 6.45) is 1.56. The van der Waals surface area contributed by atoms with Gasteiger partial charge in [-0.3, -0.25) is 9.36 Å². The van der Waals surface area contributed by atoms with Crippen LogP contribution in [0.25, 0.3) is 16.9 Å². The number of carbonyl (C=O) groups excluding carboxylic acids is 1. The third kappa shape index (κ3) is 4.23. The Labute approximate surface area is 184 Å². The number of hydrogen-bond acceptors (Lipinski definition) is 6. The highest BCUT2D eigenvalue weighted by atomic mass is 19.1. The van der Waals surface area contributed by atoms with Gasteiger partial charge in [-0.05, 0) is 42.8 Å². The first-order valence-electron chi connectivity index (χ1n) is 10.1. The Bertz CT molecular complexity index is 1290. The molecule has 0 fully saturated rings. The fourth-order valence-corrected chi connectivity index (χ4v) is 3.55.